The summed E-state index contributed by atoms with van der Waals surface area (Å²) in [6.45, 7) is 10.6. The Hall–Kier alpha value is -0.820. The molecule has 0 aromatic heterocycles. The predicted octanol–water partition coefficient (Wildman–Crippen LogP) is 0.622. The molecule has 118 valence electrons. The molecular weight excluding hydrogens is 276 g/mol. The monoisotopic (exact) mass is 304 g/mol. The summed E-state index contributed by atoms with van der Waals surface area (Å²) < 4.78 is 25.3. The Kier molecular flexibility index (Phi) is 5.08. The lowest BCUT2D eigenvalue weighted by molar-refractivity contribution is 0.365. The molecule has 20 heavy (non-hydrogen) atoms. The summed E-state index contributed by atoms with van der Waals surface area (Å²) in [4.78, 5) is 6.51. The van der Waals surface area contributed by atoms with Gasteiger partial charge in [-0.25, -0.2) is 13.1 Å². The van der Waals surface area contributed by atoms with Crippen LogP contribution in [0.3, 0.4) is 0 Å². The third-order valence-electron chi connectivity index (χ3n) is 3.34. The van der Waals surface area contributed by atoms with Crippen molar-refractivity contribution < 1.29 is 8.42 Å². The van der Waals surface area contributed by atoms with E-state index < -0.39 is 15.6 Å². The Bertz CT molecular complexity index is 469. The van der Waals surface area contributed by atoms with Crippen molar-refractivity contribution in [2.45, 2.75) is 39.7 Å². The molecule has 1 saturated heterocycles. The SMILES string of the molecule is CN=C(NCC(C)(C)NS(C)(=O)=O)N1CCC(C)(C)C1. The molecule has 0 aliphatic carbocycles. The van der Waals surface area contributed by atoms with Crippen molar-refractivity contribution in [1.29, 1.82) is 0 Å². The summed E-state index contributed by atoms with van der Waals surface area (Å²) in [5, 5.41) is 3.26. The summed E-state index contributed by atoms with van der Waals surface area (Å²) in [5.41, 5.74) is -0.253. The van der Waals surface area contributed by atoms with E-state index in [1.165, 1.54) is 6.26 Å². The quantitative estimate of drug-likeness (QED) is 0.590. The highest BCUT2D eigenvalue weighted by atomic mass is 32.2. The molecule has 0 bridgehead atoms. The smallest absolute Gasteiger partial charge is 0.209 e. The first-order valence-corrected chi connectivity index (χ1v) is 8.78. The summed E-state index contributed by atoms with van der Waals surface area (Å²) in [6.07, 6.45) is 2.31. The van der Waals surface area contributed by atoms with Gasteiger partial charge in [-0.15, -0.1) is 0 Å². The Balaban J connectivity index is 2.59. The van der Waals surface area contributed by atoms with Gasteiger partial charge in [-0.05, 0) is 25.7 Å². The summed E-state index contributed by atoms with van der Waals surface area (Å²) in [6, 6.07) is 0. The van der Waals surface area contributed by atoms with Gasteiger partial charge in [0.05, 0.1) is 6.26 Å². The average molecular weight is 304 g/mol. The van der Waals surface area contributed by atoms with E-state index in [4.69, 9.17) is 0 Å². The highest BCUT2D eigenvalue weighted by Gasteiger charge is 2.31. The van der Waals surface area contributed by atoms with Gasteiger partial charge in [0.15, 0.2) is 5.96 Å². The highest BCUT2D eigenvalue weighted by molar-refractivity contribution is 7.88. The number of rotatable bonds is 4. The third-order valence-corrected chi connectivity index (χ3v) is 4.26. The van der Waals surface area contributed by atoms with E-state index in [1.54, 1.807) is 7.05 Å². The lowest BCUT2D eigenvalue weighted by atomic mass is 9.93. The van der Waals surface area contributed by atoms with Crippen molar-refractivity contribution >= 4 is 16.0 Å². The van der Waals surface area contributed by atoms with Crippen molar-refractivity contribution in [1.82, 2.24) is 14.9 Å². The normalized spacial score (nSPS) is 20.3. The fourth-order valence-electron chi connectivity index (χ4n) is 2.46. The zero-order valence-electron chi connectivity index (χ0n) is 13.4. The number of nitrogens with zero attached hydrogens (tertiary/aromatic N) is 2. The van der Waals surface area contributed by atoms with Crippen LogP contribution in [0.1, 0.15) is 34.1 Å². The van der Waals surface area contributed by atoms with E-state index in [9.17, 15) is 8.42 Å². The van der Waals surface area contributed by atoms with E-state index in [-0.39, 0.29) is 0 Å². The minimum absolute atomic E-state index is 0.304. The summed E-state index contributed by atoms with van der Waals surface area (Å²) in [5.74, 6) is 0.832. The molecule has 0 amide bonds. The molecule has 0 aromatic rings. The number of hydrogen-bond donors (Lipinski definition) is 2. The molecule has 2 N–H and O–H groups in total. The van der Waals surface area contributed by atoms with Crippen molar-refractivity contribution in [3.63, 3.8) is 0 Å². The number of likely N-dealkylation sites (tertiary alicyclic amines) is 1. The Morgan fingerprint density at radius 3 is 2.40 bits per heavy atom. The molecule has 0 unspecified atom stereocenters. The number of hydrogen-bond acceptors (Lipinski definition) is 3. The Morgan fingerprint density at radius 1 is 1.40 bits per heavy atom. The maximum atomic E-state index is 11.3. The second-order valence-electron chi connectivity index (χ2n) is 6.99. The number of sulfonamides is 1. The summed E-state index contributed by atoms with van der Waals surface area (Å²) >= 11 is 0. The summed E-state index contributed by atoms with van der Waals surface area (Å²) in [7, 11) is -1.46. The minimum Gasteiger partial charge on any atom is -0.354 e. The van der Waals surface area contributed by atoms with Crippen LogP contribution in [-0.4, -0.2) is 57.8 Å². The van der Waals surface area contributed by atoms with Gasteiger partial charge >= 0.3 is 0 Å². The number of guanidine groups is 1. The lowest BCUT2D eigenvalue weighted by Gasteiger charge is -2.29. The van der Waals surface area contributed by atoms with E-state index >= 15 is 0 Å². The van der Waals surface area contributed by atoms with Gasteiger partial charge in [-0.2, -0.15) is 0 Å². The Labute approximate surface area is 123 Å². The average Bonchev–Trinajstić information content (AvgIpc) is 2.56. The number of nitrogens with one attached hydrogen (secondary N) is 2. The molecule has 0 saturated carbocycles. The van der Waals surface area contributed by atoms with Crippen LogP contribution in [-0.2, 0) is 10.0 Å². The third kappa shape index (κ3) is 5.66. The Morgan fingerprint density at radius 2 is 2.00 bits per heavy atom. The molecule has 6 nitrogen and oxygen atoms in total. The van der Waals surface area contributed by atoms with E-state index in [1.807, 2.05) is 13.8 Å². The van der Waals surface area contributed by atoms with Gasteiger partial charge in [0.25, 0.3) is 0 Å². The highest BCUT2D eigenvalue weighted by Crippen LogP contribution is 2.28. The van der Waals surface area contributed by atoms with Gasteiger partial charge in [-0.1, -0.05) is 13.8 Å². The molecule has 7 heteroatoms. The molecule has 0 aromatic carbocycles. The van der Waals surface area contributed by atoms with Crippen LogP contribution in [0.25, 0.3) is 0 Å². The van der Waals surface area contributed by atoms with Crippen molar-refractivity contribution in [3.05, 3.63) is 0 Å². The second kappa shape index (κ2) is 5.89. The van der Waals surface area contributed by atoms with Crippen LogP contribution in [0.5, 0.6) is 0 Å². The molecule has 1 aliphatic heterocycles. The van der Waals surface area contributed by atoms with Crippen LogP contribution in [0.2, 0.25) is 0 Å². The van der Waals surface area contributed by atoms with Gasteiger partial charge in [0.1, 0.15) is 0 Å². The van der Waals surface area contributed by atoms with E-state index in [0.717, 1.165) is 25.5 Å². The molecule has 0 radical (unpaired) electrons. The van der Waals surface area contributed by atoms with Gasteiger partial charge < -0.3 is 10.2 Å². The van der Waals surface area contributed by atoms with Crippen LogP contribution >= 0.6 is 0 Å². The van der Waals surface area contributed by atoms with E-state index in [2.05, 4.69) is 33.8 Å². The molecule has 1 rings (SSSR count). The standard InChI is InChI=1S/C13H28N4O2S/c1-12(2)7-8-17(10-12)11(14-5)15-9-13(3,4)16-20(6,18)19/h16H,7-10H2,1-6H3,(H,14,15). The van der Waals surface area contributed by atoms with E-state index in [0.29, 0.717) is 12.0 Å². The van der Waals surface area contributed by atoms with Crippen LogP contribution in [0.4, 0.5) is 0 Å². The minimum atomic E-state index is -3.22. The second-order valence-corrected chi connectivity index (χ2v) is 8.74. The maximum absolute atomic E-state index is 11.3. The lowest BCUT2D eigenvalue weighted by Crippen LogP contribution is -2.53. The van der Waals surface area contributed by atoms with Crippen molar-refractivity contribution in [3.8, 4) is 0 Å². The first-order valence-electron chi connectivity index (χ1n) is 6.89. The van der Waals surface area contributed by atoms with Crippen LogP contribution < -0.4 is 10.0 Å². The van der Waals surface area contributed by atoms with Gasteiger partial charge in [0, 0.05) is 32.2 Å². The van der Waals surface area contributed by atoms with Gasteiger partial charge in [-0.3, -0.25) is 4.99 Å². The molecular formula is C13H28N4O2S. The van der Waals surface area contributed by atoms with Crippen LogP contribution in [0.15, 0.2) is 4.99 Å². The first-order chi connectivity index (χ1) is 8.94. The van der Waals surface area contributed by atoms with Crippen molar-refractivity contribution in [2.75, 3.05) is 32.9 Å². The molecule has 1 aliphatic rings. The predicted molar refractivity (Wildman–Crippen MR) is 83.4 cm³/mol. The molecule has 0 spiro atoms. The molecule has 1 heterocycles. The van der Waals surface area contributed by atoms with Gasteiger partial charge in [0.2, 0.25) is 10.0 Å². The fourth-order valence-corrected chi connectivity index (χ4v) is 3.54. The number of aliphatic imine (C=N–C) groups is 1. The molecule has 0 atom stereocenters. The van der Waals surface area contributed by atoms with Crippen molar-refractivity contribution in [2.24, 2.45) is 10.4 Å². The largest absolute Gasteiger partial charge is 0.354 e. The first kappa shape index (κ1) is 17.2. The van der Waals surface area contributed by atoms with Crippen LogP contribution in [0, 0.1) is 5.41 Å². The maximum Gasteiger partial charge on any atom is 0.209 e. The topological polar surface area (TPSA) is 73.8 Å². The fraction of sp³-hybridized carbons (Fsp3) is 0.923. The molecule has 1 fully saturated rings. The zero-order chi connectivity index (χ0) is 15.6. The zero-order valence-corrected chi connectivity index (χ0v) is 14.3.